The minimum absolute atomic E-state index is 0.120. The molecule has 8 nitrogen and oxygen atoms in total. The van der Waals surface area contributed by atoms with Gasteiger partial charge in [-0.3, -0.25) is 14.7 Å². The van der Waals surface area contributed by atoms with Crippen LogP contribution in [0.15, 0.2) is 28.7 Å². The van der Waals surface area contributed by atoms with Crippen molar-refractivity contribution >= 4 is 38.6 Å². The van der Waals surface area contributed by atoms with Crippen LogP contribution in [0.2, 0.25) is 0 Å². The van der Waals surface area contributed by atoms with E-state index in [4.69, 9.17) is 5.11 Å². The molecule has 2 amide bonds. The Labute approximate surface area is 169 Å². The number of nitrogens with zero attached hydrogens (tertiary/aromatic N) is 2. The second-order valence-electron chi connectivity index (χ2n) is 6.95. The van der Waals surface area contributed by atoms with Crippen molar-refractivity contribution in [1.29, 1.82) is 0 Å². The van der Waals surface area contributed by atoms with Gasteiger partial charge < -0.3 is 20.3 Å². The van der Waals surface area contributed by atoms with Crippen LogP contribution >= 0.6 is 15.9 Å². The number of aromatic amines is 2. The Balaban J connectivity index is 1.57. The molecule has 9 heteroatoms. The molecule has 1 atom stereocenters. The van der Waals surface area contributed by atoms with Crippen molar-refractivity contribution in [3.63, 3.8) is 0 Å². The minimum Gasteiger partial charge on any atom is -0.394 e. The Morgan fingerprint density at radius 3 is 3.00 bits per heavy atom. The zero-order chi connectivity index (χ0) is 19.8. The highest BCUT2D eigenvalue weighted by Gasteiger charge is 2.29. The molecule has 1 aliphatic heterocycles. The quantitative estimate of drug-likeness (QED) is 0.491. The normalized spacial score (nSPS) is 14.8. The average molecular weight is 446 g/mol. The van der Waals surface area contributed by atoms with Gasteiger partial charge in [0.25, 0.3) is 11.8 Å². The maximum atomic E-state index is 13.0. The lowest BCUT2D eigenvalue weighted by molar-refractivity contribution is 0.0726. The molecule has 1 unspecified atom stereocenters. The van der Waals surface area contributed by atoms with Crippen molar-refractivity contribution < 1.29 is 14.7 Å². The van der Waals surface area contributed by atoms with Crippen molar-refractivity contribution in [2.24, 2.45) is 0 Å². The van der Waals surface area contributed by atoms with E-state index >= 15 is 0 Å². The van der Waals surface area contributed by atoms with Gasteiger partial charge in [-0.1, -0.05) is 12.1 Å². The summed E-state index contributed by atoms with van der Waals surface area (Å²) in [5.74, 6) is -0.479. The fourth-order valence-corrected chi connectivity index (χ4v) is 3.88. The molecule has 3 heterocycles. The second-order valence-corrected chi connectivity index (χ2v) is 7.80. The summed E-state index contributed by atoms with van der Waals surface area (Å²) in [5.41, 5.74) is 3.25. The van der Waals surface area contributed by atoms with Crippen LogP contribution in [0.1, 0.15) is 39.2 Å². The molecule has 0 bridgehead atoms. The molecule has 0 saturated carbocycles. The van der Waals surface area contributed by atoms with Gasteiger partial charge in [0, 0.05) is 40.1 Å². The maximum Gasteiger partial charge on any atom is 0.272 e. The molecule has 0 saturated heterocycles. The van der Waals surface area contributed by atoms with Crippen LogP contribution < -0.4 is 5.32 Å². The molecule has 1 aromatic carbocycles. The molecule has 1 aliphatic rings. The van der Waals surface area contributed by atoms with Crippen LogP contribution in [0.5, 0.6) is 0 Å². The van der Waals surface area contributed by atoms with E-state index in [0.717, 1.165) is 26.6 Å². The van der Waals surface area contributed by atoms with E-state index in [1.54, 1.807) is 11.8 Å². The topological polar surface area (TPSA) is 114 Å². The van der Waals surface area contributed by atoms with Gasteiger partial charge >= 0.3 is 0 Å². The zero-order valence-corrected chi connectivity index (χ0v) is 16.8. The highest BCUT2D eigenvalue weighted by molar-refractivity contribution is 9.10. The predicted molar refractivity (Wildman–Crippen MR) is 107 cm³/mol. The SMILES string of the molecule is CC(CO)NC(=O)c1n[nH]c2c1CN(C(=O)c1cc3cccc(Br)c3[nH]1)CC2. The van der Waals surface area contributed by atoms with Crippen LogP contribution in [0, 0.1) is 0 Å². The van der Waals surface area contributed by atoms with Crippen molar-refractivity contribution in [2.45, 2.75) is 25.9 Å². The lowest BCUT2D eigenvalue weighted by Gasteiger charge is -2.26. The molecule has 28 heavy (non-hydrogen) atoms. The lowest BCUT2D eigenvalue weighted by atomic mass is 10.0. The first-order chi connectivity index (χ1) is 13.5. The molecule has 4 N–H and O–H groups in total. The Hall–Kier alpha value is -2.65. The van der Waals surface area contributed by atoms with Crippen molar-refractivity contribution in [2.75, 3.05) is 13.2 Å². The first-order valence-corrected chi connectivity index (χ1v) is 9.81. The standard InChI is InChI=1S/C19H20BrN5O3/c1-10(9-26)21-18(27)17-12-8-25(6-5-14(12)23-24-17)19(28)15-7-11-3-2-4-13(20)16(11)22-15/h2-4,7,10,22,26H,5-6,8-9H2,1H3,(H,21,27)(H,23,24). The van der Waals surface area contributed by atoms with E-state index in [2.05, 4.69) is 36.4 Å². The molecule has 0 fully saturated rings. The number of aromatic nitrogens is 3. The molecule has 0 radical (unpaired) electrons. The maximum absolute atomic E-state index is 13.0. The Morgan fingerprint density at radius 2 is 2.25 bits per heavy atom. The van der Waals surface area contributed by atoms with Gasteiger partial charge in [-0.15, -0.1) is 0 Å². The monoisotopic (exact) mass is 445 g/mol. The van der Waals surface area contributed by atoms with Crippen LogP contribution in [0.4, 0.5) is 0 Å². The number of H-pyrrole nitrogens is 2. The average Bonchev–Trinajstić information content (AvgIpc) is 3.31. The van der Waals surface area contributed by atoms with Gasteiger partial charge in [0.15, 0.2) is 5.69 Å². The fourth-order valence-electron chi connectivity index (χ4n) is 3.40. The summed E-state index contributed by atoms with van der Waals surface area (Å²) >= 11 is 3.49. The molecule has 146 valence electrons. The van der Waals surface area contributed by atoms with E-state index in [-0.39, 0.29) is 30.2 Å². The van der Waals surface area contributed by atoms with Crippen LogP contribution in [0.3, 0.4) is 0 Å². The highest BCUT2D eigenvalue weighted by Crippen LogP contribution is 2.26. The zero-order valence-electron chi connectivity index (χ0n) is 15.3. The Morgan fingerprint density at radius 1 is 1.43 bits per heavy atom. The van der Waals surface area contributed by atoms with Crippen molar-refractivity contribution in [3.05, 3.63) is 51.4 Å². The van der Waals surface area contributed by atoms with Crippen molar-refractivity contribution in [1.82, 2.24) is 25.4 Å². The van der Waals surface area contributed by atoms with Gasteiger partial charge in [-0.05, 0) is 35.0 Å². The number of para-hydroxylation sites is 1. The van der Waals surface area contributed by atoms with E-state index in [1.165, 1.54) is 0 Å². The second kappa shape index (κ2) is 7.40. The molecule has 2 aromatic heterocycles. The molecule has 0 spiro atoms. The third-order valence-electron chi connectivity index (χ3n) is 4.92. The third kappa shape index (κ3) is 3.31. The predicted octanol–water partition coefficient (Wildman–Crippen LogP) is 1.96. The number of carbonyl (C=O) groups excluding carboxylic acids is 2. The molecule has 4 rings (SSSR count). The first-order valence-electron chi connectivity index (χ1n) is 9.02. The Kier molecular flexibility index (Phi) is 4.94. The number of aliphatic hydroxyl groups is 1. The number of hydrogen-bond donors (Lipinski definition) is 4. The number of hydrogen-bond acceptors (Lipinski definition) is 4. The summed E-state index contributed by atoms with van der Waals surface area (Å²) in [6.07, 6.45) is 0.598. The number of benzene rings is 1. The van der Waals surface area contributed by atoms with Gasteiger partial charge in [0.05, 0.1) is 18.7 Å². The van der Waals surface area contributed by atoms with E-state index in [0.29, 0.717) is 25.2 Å². The van der Waals surface area contributed by atoms with Crippen LogP contribution in [-0.2, 0) is 13.0 Å². The number of carbonyl (C=O) groups is 2. The largest absolute Gasteiger partial charge is 0.394 e. The summed E-state index contributed by atoms with van der Waals surface area (Å²) in [6.45, 7) is 2.40. The van der Waals surface area contributed by atoms with Crippen LogP contribution in [-0.4, -0.2) is 56.2 Å². The molecule has 0 aliphatic carbocycles. The number of fused-ring (bicyclic) bond motifs is 2. The number of nitrogens with one attached hydrogen (secondary N) is 3. The van der Waals surface area contributed by atoms with Gasteiger partial charge in [0.1, 0.15) is 5.69 Å². The van der Waals surface area contributed by atoms with E-state index in [1.807, 2.05) is 24.3 Å². The van der Waals surface area contributed by atoms with E-state index in [9.17, 15) is 9.59 Å². The summed E-state index contributed by atoms with van der Waals surface area (Å²) in [4.78, 5) is 30.4. The molecule has 3 aromatic rings. The smallest absolute Gasteiger partial charge is 0.272 e. The summed E-state index contributed by atoms with van der Waals surface area (Å²) in [7, 11) is 0. The summed E-state index contributed by atoms with van der Waals surface area (Å²) < 4.78 is 0.900. The molecular weight excluding hydrogens is 426 g/mol. The Bertz CT molecular complexity index is 1060. The highest BCUT2D eigenvalue weighted by atomic mass is 79.9. The summed E-state index contributed by atoms with van der Waals surface area (Å²) in [5, 5.41) is 19.8. The lowest BCUT2D eigenvalue weighted by Crippen LogP contribution is -2.38. The molecular formula is C19H20BrN5O3. The van der Waals surface area contributed by atoms with Crippen LogP contribution in [0.25, 0.3) is 10.9 Å². The number of rotatable bonds is 4. The number of amides is 2. The van der Waals surface area contributed by atoms with Gasteiger partial charge in [-0.2, -0.15) is 5.10 Å². The fraction of sp³-hybridized carbons (Fsp3) is 0.316. The third-order valence-corrected chi connectivity index (χ3v) is 5.58. The van der Waals surface area contributed by atoms with E-state index < -0.39 is 0 Å². The van der Waals surface area contributed by atoms with Gasteiger partial charge in [-0.25, -0.2) is 0 Å². The number of halogens is 1. The minimum atomic E-state index is -0.369. The first kappa shape index (κ1) is 18.7. The van der Waals surface area contributed by atoms with Gasteiger partial charge in [0.2, 0.25) is 0 Å². The van der Waals surface area contributed by atoms with Crippen molar-refractivity contribution in [3.8, 4) is 0 Å². The summed E-state index contributed by atoms with van der Waals surface area (Å²) in [6, 6.07) is 7.26. The number of aliphatic hydroxyl groups excluding tert-OH is 1.